The number of hydrogen-bond acceptors (Lipinski definition) is 5. The second kappa shape index (κ2) is 7.47. The average Bonchev–Trinajstić information content (AvgIpc) is 2.29. The molecule has 0 amide bonds. The molecule has 4 N–H and O–H groups in total. The van der Waals surface area contributed by atoms with Crippen LogP contribution in [0.5, 0.6) is 0 Å². The minimum Gasteiger partial charge on any atom is -0.384 e. The molecule has 0 radical (unpaired) electrons. The van der Waals surface area contributed by atoms with Gasteiger partial charge in [-0.3, -0.25) is 0 Å². The van der Waals surface area contributed by atoms with E-state index in [9.17, 15) is 0 Å². The molecule has 5 nitrogen and oxygen atoms in total. The van der Waals surface area contributed by atoms with Crippen LogP contribution in [-0.4, -0.2) is 4.98 Å². The minimum absolute atomic E-state index is 0. The molecule has 7 heteroatoms. The molecule has 0 saturated heterocycles. The Kier molecular flexibility index (Phi) is 6.70. The molecule has 0 atom stereocenters. The second-order valence-corrected chi connectivity index (χ2v) is 3.18. The van der Waals surface area contributed by atoms with E-state index in [1.54, 1.807) is 12.1 Å². The highest BCUT2D eigenvalue weighted by atomic mass is 35.5. The quantitative estimate of drug-likeness (QED) is 0.828. The van der Waals surface area contributed by atoms with Crippen molar-refractivity contribution in [2.45, 2.75) is 0 Å². The topological polar surface area (TPSA) is 89.6 Å². The van der Waals surface area contributed by atoms with Crippen molar-refractivity contribution in [1.82, 2.24) is 4.98 Å². The number of pyridine rings is 1. The number of hydrogen-bond donors (Lipinski definition) is 2. The van der Waals surface area contributed by atoms with Gasteiger partial charge in [0, 0.05) is 0 Å². The van der Waals surface area contributed by atoms with Gasteiger partial charge in [-0.05, 0) is 24.3 Å². The fourth-order valence-electron chi connectivity index (χ4n) is 1.17. The number of rotatable bonds is 2. The van der Waals surface area contributed by atoms with Crippen molar-refractivity contribution in [3.63, 3.8) is 0 Å². The van der Waals surface area contributed by atoms with E-state index < -0.39 is 0 Å². The molecule has 18 heavy (non-hydrogen) atoms. The zero-order chi connectivity index (χ0) is 11.4. The van der Waals surface area contributed by atoms with Crippen LogP contribution in [0.25, 0.3) is 0 Å². The number of benzene rings is 1. The third-order valence-electron chi connectivity index (χ3n) is 1.95. The molecule has 0 unspecified atom stereocenters. The van der Waals surface area contributed by atoms with Gasteiger partial charge in [-0.15, -0.1) is 29.9 Å². The zero-order valence-electron chi connectivity index (χ0n) is 9.35. The number of nitrogen functional groups attached to an aromatic ring is 2. The summed E-state index contributed by atoms with van der Waals surface area (Å²) in [5, 5.41) is 8.03. The molecule has 1 aromatic carbocycles. The van der Waals surface area contributed by atoms with Crippen LogP contribution in [0, 0.1) is 0 Å². The maximum atomic E-state index is 5.64. The van der Waals surface area contributed by atoms with Crippen molar-refractivity contribution in [2.75, 3.05) is 11.5 Å². The lowest BCUT2D eigenvalue weighted by Gasteiger charge is -1.98. The molecular weight excluding hydrogens is 273 g/mol. The van der Waals surface area contributed by atoms with E-state index in [-0.39, 0.29) is 30.6 Å². The zero-order valence-corrected chi connectivity index (χ0v) is 11.0. The van der Waals surface area contributed by atoms with Gasteiger partial charge < -0.3 is 11.5 Å². The Bertz CT molecular complexity index is 516. The predicted octanol–water partition coefficient (Wildman–Crippen LogP) is 3.51. The van der Waals surface area contributed by atoms with Gasteiger partial charge in [0.05, 0.1) is 5.69 Å². The summed E-state index contributed by atoms with van der Waals surface area (Å²) in [6, 6.07) is 12.7. The summed E-state index contributed by atoms with van der Waals surface area (Å²) in [5.41, 5.74) is 12.4. The molecule has 0 fully saturated rings. The summed E-state index contributed by atoms with van der Waals surface area (Å²) in [6.07, 6.45) is 0. The maximum Gasteiger partial charge on any atom is 0.153 e. The van der Waals surface area contributed by atoms with Crippen LogP contribution in [0.4, 0.5) is 23.0 Å². The highest BCUT2D eigenvalue weighted by Crippen LogP contribution is 2.23. The number of anilines is 2. The van der Waals surface area contributed by atoms with Crippen molar-refractivity contribution in [3.05, 3.63) is 42.5 Å². The van der Waals surface area contributed by atoms with Crippen molar-refractivity contribution in [1.29, 1.82) is 0 Å². The van der Waals surface area contributed by atoms with Crippen LogP contribution in [-0.2, 0) is 0 Å². The van der Waals surface area contributed by atoms with E-state index in [1.165, 1.54) is 0 Å². The van der Waals surface area contributed by atoms with Crippen molar-refractivity contribution >= 4 is 47.8 Å². The first kappa shape index (κ1) is 16.1. The maximum absolute atomic E-state index is 5.64. The van der Waals surface area contributed by atoms with Crippen LogP contribution in [0.1, 0.15) is 0 Å². The highest BCUT2D eigenvalue weighted by molar-refractivity contribution is 5.85. The molecule has 0 aliphatic heterocycles. The summed E-state index contributed by atoms with van der Waals surface area (Å²) in [4.78, 5) is 3.89. The van der Waals surface area contributed by atoms with Crippen molar-refractivity contribution < 1.29 is 0 Å². The Labute approximate surface area is 117 Å². The number of halogens is 2. The van der Waals surface area contributed by atoms with E-state index in [4.69, 9.17) is 11.5 Å². The largest absolute Gasteiger partial charge is 0.384 e. The first-order valence-electron chi connectivity index (χ1n) is 4.74. The van der Waals surface area contributed by atoms with Gasteiger partial charge in [-0.1, -0.05) is 18.2 Å². The average molecular weight is 286 g/mol. The van der Waals surface area contributed by atoms with Gasteiger partial charge >= 0.3 is 0 Å². The lowest BCUT2D eigenvalue weighted by molar-refractivity contribution is 1.21. The monoisotopic (exact) mass is 285 g/mol. The van der Waals surface area contributed by atoms with Crippen LogP contribution in [0.15, 0.2) is 52.7 Å². The molecule has 96 valence electrons. The predicted molar refractivity (Wildman–Crippen MR) is 78.2 cm³/mol. The molecule has 0 aliphatic carbocycles. The van der Waals surface area contributed by atoms with Gasteiger partial charge in [0.1, 0.15) is 11.5 Å². The molecular formula is C11H13Cl2N5. The molecule has 0 bridgehead atoms. The van der Waals surface area contributed by atoms with Crippen molar-refractivity contribution in [3.8, 4) is 0 Å². The Balaban J connectivity index is 0.00000144. The molecule has 2 aromatic rings. The fourth-order valence-corrected chi connectivity index (χ4v) is 1.17. The summed E-state index contributed by atoms with van der Waals surface area (Å²) < 4.78 is 0. The Hall–Kier alpha value is -1.85. The van der Waals surface area contributed by atoms with E-state index in [0.717, 1.165) is 5.69 Å². The number of azo groups is 1. The van der Waals surface area contributed by atoms with E-state index in [1.807, 2.05) is 30.3 Å². The molecule has 0 aliphatic rings. The van der Waals surface area contributed by atoms with Gasteiger partial charge in [-0.25, -0.2) is 4.98 Å². The number of aromatic nitrogens is 1. The lowest BCUT2D eigenvalue weighted by atomic mass is 10.3. The first-order valence-corrected chi connectivity index (χ1v) is 4.74. The van der Waals surface area contributed by atoms with Crippen LogP contribution in [0.3, 0.4) is 0 Å². The summed E-state index contributed by atoms with van der Waals surface area (Å²) in [5.74, 6) is 0.649. The van der Waals surface area contributed by atoms with Gasteiger partial charge in [0.15, 0.2) is 5.82 Å². The highest BCUT2D eigenvalue weighted by Gasteiger charge is 1.98. The summed E-state index contributed by atoms with van der Waals surface area (Å²) >= 11 is 0. The molecule has 1 heterocycles. The van der Waals surface area contributed by atoms with E-state index >= 15 is 0 Å². The first-order chi connectivity index (χ1) is 7.75. The molecule has 2 rings (SSSR count). The van der Waals surface area contributed by atoms with E-state index in [2.05, 4.69) is 15.2 Å². The third kappa shape index (κ3) is 4.20. The normalized spacial score (nSPS) is 9.56. The molecule has 0 spiro atoms. The lowest BCUT2D eigenvalue weighted by Crippen LogP contribution is -1.95. The third-order valence-corrected chi connectivity index (χ3v) is 1.95. The fraction of sp³-hybridized carbons (Fsp3) is 0. The smallest absolute Gasteiger partial charge is 0.153 e. The van der Waals surface area contributed by atoms with Crippen LogP contribution >= 0.6 is 24.8 Å². The van der Waals surface area contributed by atoms with Gasteiger partial charge in [0.25, 0.3) is 0 Å². The second-order valence-electron chi connectivity index (χ2n) is 3.18. The number of nitrogens with zero attached hydrogens (tertiary/aromatic N) is 3. The Morgan fingerprint density at radius 3 is 2.11 bits per heavy atom. The van der Waals surface area contributed by atoms with Gasteiger partial charge in [0.2, 0.25) is 0 Å². The Morgan fingerprint density at radius 1 is 0.833 bits per heavy atom. The van der Waals surface area contributed by atoms with Gasteiger partial charge in [-0.2, -0.15) is 5.11 Å². The molecule has 1 aromatic heterocycles. The minimum atomic E-state index is 0. The van der Waals surface area contributed by atoms with E-state index in [0.29, 0.717) is 11.5 Å². The number of nitrogens with two attached hydrogens (primary N) is 2. The van der Waals surface area contributed by atoms with Crippen LogP contribution < -0.4 is 11.5 Å². The summed E-state index contributed by atoms with van der Waals surface area (Å²) in [7, 11) is 0. The molecule has 0 saturated carbocycles. The standard InChI is InChI=1S/C11H11N5.2ClH/c12-10-7-6-9(11(13)14-10)16-15-8-4-2-1-3-5-8;;/h1-7H,(H4,12,13,14);2*1H. The Morgan fingerprint density at radius 2 is 1.50 bits per heavy atom. The summed E-state index contributed by atoms with van der Waals surface area (Å²) in [6.45, 7) is 0. The van der Waals surface area contributed by atoms with Crippen LogP contribution in [0.2, 0.25) is 0 Å². The van der Waals surface area contributed by atoms with Crippen molar-refractivity contribution in [2.24, 2.45) is 10.2 Å². The SMILES string of the molecule is Cl.Cl.Nc1ccc(N=Nc2ccccc2)c(N)n1.